The molecular weight excluding hydrogens is 284 g/mol. The highest BCUT2D eigenvalue weighted by Crippen LogP contribution is 2.46. The van der Waals surface area contributed by atoms with Crippen LogP contribution in [-0.2, 0) is 9.53 Å². The van der Waals surface area contributed by atoms with E-state index in [1.807, 2.05) is 6.92 Å². The Morgan fingerprint density at radius 1 is 1.04 bits per heavy atom. The van der Waals surface area contributed by atoms with Crippen LogP contribution in [0.5, 0.6) is 0 Å². The molecule has 0 amide bonds. The van der Waals surface area contributed by atoms with Crippen molar-refractivity contribution in [3.05, 3.63) is 0 Å². The van der Waals surface area contributed by atoms with E-state index in [-0.39, 0.29) is 17.4 Å². The lowest BCUT2D eigenvalue weighted by Crippen LogP contribution is -2.48. The third-order valence-corrected chi connectivity index (χ3v) is 5.76. The second kappa shape index (κ2) is 10.5. The fourth-order valence-corrected chi connectivity index (χ4v) is 4.35. The van der Waals surface area contributed by atoms with Crippen molar-refractivity contribution in [2.75, 3.05) is 6.61 Å². The zero-order valence-electron chi connectivity index (χ0n) is 16.3. The summed E-state index contributed by atoms with van der Waals surface area (Å²) < 4.78 is 6.05. The number of ketones is 1. The fraction of sp³-hybridized carbons (Fsp3) is 0.952. The molecule has 0 aromatic carbocycles. The van der Waals surface area contributed by atoms with Gasteiger partial charge in [0.25, 0.3) is 0 Å². The van der Waals surface area contributed by atoms with E-state index < -0.39 is 0 Å². The minimum atomic E-state index is 0.105. The van der Waals surface area contributed by atoms with Crippen molar-refractivity contribution >= 4 is 5.78 Å². The molecule has 0 radical (unpaired) electrons. The first-order valence-electron chi connectivity index (χ1n) is 10.1. The third kappa shape index (κ3) is 6.57. The van der Waals surface area contributed by atoms with E-state index in [0.717, 1.165) is 0 Å². The van der Waals surface area contributed by atoms with Crippen LogP contribution in [-0.4, -0.2) is 18.5 Å². The molecule has 0 N–H and O–H groups in total. The minimum Gasteiger partial charge on any atom is -0.377 e. The summed E-state index contributed by atoms with van der Waals surface area (Å²) in [5.74, 6) is 0.982. The lowest BCUT2D eigenvalue weighted by molar-refractivity contribution is -0.144. The molecule has 3 unspecified atom stereocenters. The molecule has 1 rings (SSSR count). The van der Waals surface area contributed by atoms with Crippen molar-refractivity contribution in [3.8, 4) is 0 Å². The maximum Gasteiger partial charge on any atom is 0.135 e. The monoisotopic (exact) mass is 324 g/mol. The average Bonchev–Trinajstić information content (AvgIpc) is 2.49. The van der Waals surface area contributed by atoms with Gasteiger partial charge in [-0.3, -0.25) is 4.79 Å². The van der Waals surface area contributed by atoms with Crippen LogP contribution in [0, 0.1) is 17.3 Å². The summed E-state index contributed by atoms with van der Waals surface area (Å²) in [4.78, 5) is 12.3. The number of unbranched alkanes of at least 4 members (excludes halogenated alkanes) is 6. The number of hydrogen-bond acceptors (Lipinski definition) is 2. The minimum absolute atomic E-state index is 0.105. The highest BCUT2D eigenvalue weighted by Gasteiger charge is 2.46. The van der Waals surface area contributed by atoms with Crippen molar-refractivity contribution < 1.29 is 9.53 Å². The predicted molar refractivity (Wildman–Crippen MR) is 98.7 cm³/mol. The van der Waals surface area contributed by atoms with Gasteiger partial charge in [-0.25, -0.2) is 0 Å². The van der Waals surface area contributed by atoms with E-state index in [4.69, 9.17) is 4.74 Å². The first-order chi connectivity index (χ1) is 10.9. The van der Waals surface area contributed by atoms with Crippen molar-refractivity contribution in [2.24, 2.45) is 17.3 Å². The summed E-state index contributed by atoms with van der Waals surface area (Å²) >= 11 is 0. The van der Waals surface area contributed by atoms with E-state index in [9.17, 15) is 4.79 Å². The molecule has 2 heteroatoms. The van der Waals surface area contributed by atoms with Crippen molar-refractivity contribution in [3.63, 3.8) is 0 Å². The number of hydrogen-bond donors (Lipinski definition) is 0. The van der Waals surface area contributed by atoms with E-state index in [2.05, 4.69) is 20.8 Å². The Kier molecular flexibility index (Phi) is 9.43. The molecule has 0 aliphatic heterocycles. The molecule has 1 aliphatic rings. The van der Waals surface area contributed by atoms with Crippen LogP contribution in [0.25, 0.3) is 0 Å². The first kappa shape index (κ1) is 20.7. The molecule has 0 spiro atoms. The predicted octanol–water partition coefficient (Wildman–Crippen LogP) is 6.17. The molecule has 0 aromatic rings. The topological polar surface area (TPSA) is 26.3 Å². The SMILES string of the molecule is CCCCCCCCCC1CCC(C)(C)C(OCC)C1C(C)=O. The van der Waals surface area contributed by atoms with Gasteiger partial charge in [-0.05, 0) is 44.4 Å². The Balaban J connectivity index is 2.48. The van der Waals surface area contributed by atoms with E-state index in [1.165, 1.54) is 64.2 Å². The molecule has 0 aromatic heterocycles. The first-order valence-corrected chi connectivity index (χ1v) is 10.1. The molecule has 0 bridgehead atoms. The Labute approximate surface area is 144 Å². The number of Topliss-reactive ketones (excluding diaryl/α,β-unsaturated/α-hetero) is 1. The lowest BCUT2D eigenvalue weighted by Gasteiger charge is -2.46. The van der Waals surface area contributed by atoms with E-state index in [1.54, 1.807) is 6.92 Å². The van der Waals surface area contributed by atoms with Crippen LogP contribution in [0.1, 0.15) is 98.8 Å². The molecule has 136 valence electrons. The molecule has 0 saturated heterocycles. The van der Waals surface area contributed by atoms with Gasteiger partial charge in [-0.2, -0.15) is 0 Å². The molecule has 1 fully saturated rings. The average molecular weight is 325 g/mol. The number of carbonyl (C=O) groups excluding carboxylic acids is 1. The van der Waals surface area contributed by atoms with Crippen LogP contribution < -0.4 is 0 Å². The molecular formula is C21H40O2. The molecule has 0 heterocycles. The standard InChI is InChI=1S/C21H40O2/c1-6-8-9-10-11-12-13-14-18-15-16-21(4,5)20(23-7-2)19(18)17(3)22/h18-20H,6-16H2,1-5H3. The Bertz CT molecular complexity index is 335. The summed E-state index contributed by atoms with van der Waals surface area (Å²) in [7, 11) is 0. The van der Waals surface area contributed by atoms with Crippen LogP contribution >= 0.6 is 0 Å². The third-order valence-electron chi connectivity index (χ3n) is 5.76. The normalized spacial score (nSPS) is 27.1. The summed E-state index contributed by atoms with van der Waals surface area (Å²) in [5, 5.41) is 0. The summed E-state index contributed by atoms with van der Waals surface area (Å²) in [6, 6.07) is 0. The quantitative estimate of drug-likeness (QED) is 0.425. The summed E-state index contributed by atoms with van der Waals surface area (Å²) in [6.07, 6.45) is 13.1. The van der Waals surface area contributed by atoms with Crippen molar-refractivity contribution in [1.82, 2.24) is 0 Å². The smallest absolute Gasteiger partial charge is 0.135 e. The number of carbonyl (C=O) groups is 1. The lowest BCUT2D eigenvalue weighted by atomic mass is 9.62. The van der Waals surface area contributed by atoms with Gasteiger partial charge >= 0.3 is 0 Å². The van der Waals surface area contributed by atoms with Crippen molar-refractivity contribution in [1.29, 1.82) is 0 Å². The van der Waals surface area contributed by atoms with Gasteiger partial charge in [0.15, 0.2) is 0 Å². The van der Waals surface area contributed by atoms with Crippen molar-refractivity contribution in [2.45, 2.75) is 105 Å². The van der Waals surface area contributed by atoms with Crippen LogP contribution in [0.2, 0.25) is 0 Å². The number of ether oxygens (including phenoxy) is 1. The molecule has 1 saturated carbocycles. The van der Waals surface area contributed by atoms with Crippen LogP contribution in [0.4, 0.5) is 0 Å². The Morgan fingerprint density at radius 2 is 1.65 bits per heavy atom. The number of rotatable bonds is 11. The molecule has 23 heavy (non-hydrogen) atoms. The summed E-state index contributed by atoms with van der Waals surface area (Å²) in [5.41, 5.74) is 0.128. The van der Waals surface area contributed by atoms with E-state index >= 15 is 0 Å². The molecule has 2 nitrogen and oxygen atoms in total. The molecule has 1 aliphatic carbocycles. The second-order valence-corrected chi connectivity index (χ2v) is 8.21. The van der Waals surface area contributed by atoms with E-state index in [0.29, 0.717) is 18.3 Å². The highest BCUT2D eigenvalue weighted by molar-refractivity contribution is 5.79. The van der Waals surface area contributed by atoms with Gasteiger partial charge in [0, 0.05) is 12.5 Å². The zero-order chi connectivity index (χ0) is 17.3. The van der Waals surface area contributed by atoms with Gasteiger partial charge < -0.3 is 4.74 Å². The van der Waals surface area contributed by atoms with Gasteiger partial charge in [-0.15, -0.1) is 0 Å². The summed E-state index contributed by atoms with van der Waals surface area (Å²) in [6.45, 7) is 11.3. The van der Waals surface area contributed by atoms with Gasteiger partial charge in [0.05, 0.1) is 6.10 Å². The van der Waals surface area contributed by atoms with Gasteiger partial charge in [0.2, 0.25) is 0 Å². The Morgan fingerprint density at radius 3 is 2.22 bits per heavy atom. The van der Waals surface area contributed by atoms with Gasteiger partial charge in [0.1, 0.15) is 5.78 Å². The highest BCUT2D eigenvalue weighted by atomic mass is 16.5. The second-order valence-electron chi connectivity index (χ2n) is 8.21. The van der Waals surface area contributed by atoms with Crippen LogP contribution in [0.3, 0.4) is 0 Å². The maximum absolute atomic E-state index is 12.3. The largest absolute Gasteiger partial charge is 0.377 e. The Hall–Kier alpha value is -0.370. The molecule has 3 atom stereocenters. The van der Waals surface area contributed by atoms with Crippen LogP contribution in [0.15, 0.2) is 0 Å². The fourth-order valence-electron chi connectivity index (χ4n) is 4.35. The van der Waals surface area contributed by atoms with Gasteiger partial charge in [-0.1, -0.05) is 65.7 Å². The maximum atomic E-state index is 12.3. The zero-order valence-corrected chi connectivity index (χ0v) is 16.3.